The van der Waals surface area contributed by atoms with Gasteiger partial charge < -0.3 is 19.9 Å². The maximum atomic E-state index is 11.0. The molecule has 106 valence electrons. The third-order valence-electron chi connectivity index (χ3n) is 2.35. The average molecular weight is 272 g/mol. The van der Waals surface area contributed by atoms with E-state index in [1.165, 1.54) is 14.2 Å². The average Bonchev–Trinajstić information content (AvgIpc) is 2.38. The number of aromatic nitrogens is 2. The molecule has 19 heavy (non-hydrogen) atoms. The van der Waals surface area contributed by atoms with Gasteiger partial charge in [0.25, 0.3) is 5.88 Å². The molecule has 0 amide bonds. The fraction of sp³-hybridized carbons (Fsp3) is 0.600. The lowest BCUT2D eigenvalue weighted by Crippen LogP contribution is -2.27. The highest BCUT2D eigenvalue weighted by Gasteiger charge is 2.25. The molecular weight excluding hydrogens is 256 g/mol. The van der Waals surface area contributed by atoms with E-state index in [4.69, 9.17) is 14.6 Å². The normalized spacial score (nSPS) is 11.9. The van der Waals surface area contributed by atoms with Crippen molar-refractivity contribution in [2.45, 2.75) is 12.5 Å². The molecule has 1 atom stereocenters. The third-order valence-corrected chi connectivity index (χ3v) is 2.35. The van der Waals surface area contributed by atoms with Crippen molar-refractivity contribution in [3.8, 4) is 5.88 Å². The lowest BCUT2D eigenvalue weighted by atomic mass is 10.2. The van der Waals surface area contributed by atoms with Crippen molar-refractivity contribution in [2.75, 3.05) is 32.8 Å². The van der Waals surface area contributed by atoms with E-state index in [9.17, 15) is 10.1 Å². The summed E-state index contributed by atoms with van der Waals surface area (Å²) in [6, 6.07) is -0.298. The molecule has 2 N–H and O–H groups in total. The van der Waals surface area contributed by atoms with Gasteiger partial charge in [-0.05, 0) is 6.42 Å². The molecule has 1 heterocycles. The van der Waals surface area contributed by atoms with Gasteiger partial charge in [-0.25, -0.2) is 4.98 Å². The van der Waals surface area contributed by atoms with Gasteiger partial charge in [-0.15, -0.1) is 0 Å². The molecule has 0 saturated heterocycles. The Morgan fingerprint density at radius 3 is 2.79 bits per heavy atom. The molecule has 0 aliphatic carbocycles. The molecule has 1 aromatic rings. The summed E-state index contributed by atoms with van der Waals surface area (Å²) in [6.07, 6.45) is 1.54. The Balaban J connectivity index is 3.01. The summed E-state index contributed by atoms with van der Waals surface area (Å²) < 4.78 is 9.80. The first-order valence-electron chi connectivity index (χ1n) is 5.53. The quantitative estimate of drug-likeness (QED) is 0.508. The largest absolute Gasteiger partial charge is 0.476 e. The predicted molar refractivity (Wildman–Crippen MR) is 66.2 cm³/mol. The maximum Gasteiger partial charge on any atom is 0.372 e. The van der Waals surface area contributed by atoms with E-state index < -0.39 is 4.92 Å². The van der Waals surface area contributed by atoms with Crippen molar-refractivity contribution in [1.29, 1.82) is 0 Å². The van der Waals surface area contributed by atoms with Crippen LogP contribution in [0.25, 0.3) is 0 Å². The Hall–Kier alpha value is -2.00. The summed E-state index contributed by atoms with van der Waals surface area (Å²) >= 11 is 0. The Bertz CT molecular complexity index is 422. The van der Waals surface area contributed by atoms with Crippen LogP contribution in [-0.4, -0.2) is 53.5 Å². The Labute approximate surface area is 109 Å². The molecule has 0 aromatic carbocycles. The first kappa shape index (κ1) is 15.1. The van der Waals surface area contributed by atoms with E-state index in [-0.39, 0.29) is 36.6 Å². The minimum absolute atomic E-state index is 0.0346. The molecule has 0 radical (unpaired) electrons. The van der Waals surface area contributed by atoms with Crippen LogP contribution in [0.15, 0.2) is 6.33 Å². The smallest absolute Gasteiger partial charge is 0.372 e. The van der Waals surface area contributed by atoms with Gasteiger partial charge >= 0.3 is 5.69 Å². The first-order chi connectivity index (χ1) is 9.13. The zero-order chi connectivity index (χ0) is 14.3. The number of aliphatic hydroxyl groups excluding tert-OH is 1. The zero-order valence-corrected chi connectivity index (χ0v) is 10.7. The summed E-state index contributed by atoms with van der Waals surface area (Å²) in [4.78, 5) is 17.9. The van der Waals surface area contributed by atoms with Crippen LogP contribution in [0, 0.1) is 10.1 Å². The number of hydrogen-bond acceptors (Lipinski definition) is 8. The summed E-state index contributed by atoms with van der Waals surface area (Å²) in [5, 5.41) is 22.8. The van der Waals surface area contributed by atoms with Gasteiger partial charge in [0, 0.05) is 13.7 Å². The molecule has 9 nitrogen and oxygen atoms in total. The lowest BCUT2D eigenvalue weighted by Gasteiger charge is -2.17. The van der Waals surface area contributed by atoms with Crippen molar-refractivity contribution in [1.82, 2.24) is 9.97 Å². The number of anilines is 1. The number of nitro groups is 1. The Morgan fingerprint density at radius 2 is 2.26 bits per heavy atom. The van der Waals surface area contributed by atoms with Crippen molar-refractivity contribution < 1.29 is 19.5 Å². The van der Waals surface area contributed by atoms with Crippen molar-refractivity contribution in [3.63, 3.8) is 0 Å². The second kappa shape index (κ2) is 7.44. The number of methoxy groups -OCH3 is 2. The van der Waals surface area contributed by atoms with Gasteiger partial charge in [0.15, 0.2) is 0 Å². The van der Waals surface area contributed by atoms with Crippen LogP contribution in [0.3, 0.4) is 0 Å². The topological polar surface area (TPSA) is 120 Å². The molecule has 0 bridgehead atoms. The van der Waals surface area contributed by atoms with Gasteiger partial charge in [0.1, 0.15) is 6.33 Å². The van der Waals surface area contributed by atoms with Crippen LogP contribution >= 0.6 is 0 Å². The number of rotatable bonds is 8. The number of nitrogens with one attached hydrogen (secondary N) is 1. The summed E-state index contributed by atoms with van der Waals surface area (Å²) in [7, 11) is 2.79. The van der Waals surface area contributed by atoms with Crippen molar-refractivity contribution in [3.05, 3.63) is 16.4 Å². The molecule has 1 unspecified atom stereocenters. The molecule has 0 aliphatic rings. The summed E-state index contributed by atoms with van der Waals surface area (Å²) in [5.74, 6) is -0.0879. The minimum atomic E-state index is -0.621. The standard InChI is InChI=1S/C10H16N4O5/c1-18-5-7(3-4-15)13-9-8(14(16)17)10(19-2)12-6-11-9/h6-7,15H,3-5H2,1-2H3,(H,11,12,13). The van der Waals surface area contributed by atoms with E-state index in [2.05, 4.69) is 15.3 Å². The van der Waals surface area contributed by atoms with Gasteiger partial charge in [-0.3, -0.25) is 10.1 Å². The fourth-order valence-electron chi connectivity index (χ4n) is 1.53. The summed E-state index contributed by atoms with van der Waals surface area (Å²) in [5.41, 5.74) is -0.343. The van der Waals surface area contributed by atoms with E-state index >= 15 is 0 Å². The molecular formula is C10H16N4O5. The van der Waals surface area contributed by atoms with Crippen LogP contribution in [0.4, 0.5) is 11.5 Å². The van der Waals surface area contributed by atoms with Crippen molar-refractivity contribution in [2.24, 2.45) is 0 Å². The number of ether oxygens (including phenoxy) is 2. The van der Waals surface area contributed by atoms with Crippen LogP contribution in [-0.2, 0) is 4.74 Å². The molecule has 1 rings (SSSR count). The predicted octanol–water partition coefficient (Wildman–Crippen LogP) is 0.203. The molecule has 1 aromatic heterocycles. The second-order valence-corrected chi connectivity index (χ2v) is 3.65. The van der Waals surface area contributed by atoms with Crippen LogP contribution in [0.2, 0.25) is 0 Å². The highest BCUT2D eigenvalue weighted by molar-refractivity contribution is 5.61. The SMILES string of the molecule is COCC(CCO)Nc1ncnc(OC)c1[N+](=O)[O-]. The Kier molecular flexibility index (Phi) is 5.90. The van der Waals surface area contributed by atoms with Gasteiger partial charge in [0.05, 0.1) is 24.7 Å². The van der Waals surface area contributed by atoms with Crippen LogP contribution in [0.1, 0.15) is 6.42 Å². The molecule has 0 aliphatic heterocycles. The van der Waals surface area contributed by atoms with E-state index in [0.29, 0.717) is 6.42 Å². The minimum Gasteiger partial charge on any atom is -0.476 e. The number of nitrogens with zero attached hydrogens (tertiary/aromatic N) is 3. The van der Waals surface area contributed by atoms with Crippen LogP contribution < -0.4 is 10.1 Å². The Morgan fingerprint density at radius 1 is 1.53 bits per heavy atom. The van der Waals surface area contributed by atoms with Crippen molar-refractivity contribution >= 4 is 11.5 Å². The molecule has 9 heteroatoms. The van der Waals surface area contributed by atoms with E-state index in [1.807, 2.05) is 0 Å². The molecule has 0 spiro atoms. The van der Waals surface area contributed by atoms with Gasteiger partial charge in [0.2, 0.25) is 5.82 Å². The summed E-state index contributed by atoms with van der Waals surface area (Å²) in [6.45, 7) is 0.209. The van der Waals surface area contributed by atoms with E-state index in [0.717, 1.165) is 6.33 Å². The fourth-order valence-corrected chi connectivity index (χ4v) is 1.53. The maximum absolute atomic E-state index is 11.0. The van der Waals surface area contributed by atoms with Crippen LogP contribution in [0.5, 0.6) is 5.88 Å². The van der Waals surface area contributed by atoms with Gasteiger partial charge in [-0.2, -0.15) is 4.98 Å². The monoisotopic (exact) mass is 272 g/mol. The highest BCUT2D eigenvalue weighted by Crippen LogP contribution is 2.30. The number of hydrogen-bond donors (Lipinski definition) is 2. The molecule has 0 fully saturated rings. The second-order valence-electron chi connectivity index (χ2n) is 3.65. The number of aliphatic hydroxyl groups is 1. The zero-order valence-electron chi connectivity index (χ0n) is 10.7. The highest BCUT2D eigenvalue weighted by atomic mass is 16.6. The van der Waals surface area contributed by atoms with E-state index in [1.54, 1.807) is 0 Å². The third kappa shape index (κ3) is 4.00. The molecule has 0 saturated carbocycles. The van der Waals surface area contributed by atoms with Gasteiger partial charge in [-0.1, -0.05) is 0 Å². The first-order valence-corrected chi connectivity index (χ1v) is 5.53. The lowest BCUT2D eigenvalue weighted by molar-refractivity contribution is -0.385.